The zero-order valence-corrected chi connectivity index (χ0v) is 13.2. The van der Waals surface area contributed by atoms with E-state index in [4.69, 9.17) is 0 Å². The number of sulfonamides is 1. The number of amides is 1. The number of hydrogen-bond acceptors (Lipinski definition) is 4. The number of likely N-dealkylation sites (N-methyl/N-ethyl adjacent to an activating group) is 1. The van der Waals surface area contributed by atoms with Crippen molar-refractivity contribution in [3.05, 3.63) is 0 Å². The average Bonchev–Trinajstić information content (AvgIpc) is 2.46. The van der Waals surface area contributed by atoms with Crippen LogP contribution in [-0.4, -0.2) is 69.1 Å². The van der Waals surface area contributed by atoms with Crippen LogP contribution in [0.15, 0.2) is 0 Å². The van der Waals surface area contributed by atoms with Gasteiger partial charge in [0.1, 0.15) is 0 Å². The lowest BCUT2D eigenvalue weighted by molar-refractivity contribution is -0.137. The van der Waals surface area contributed by atoms with Gasteiger partial charge in [-0.05, 0) is 32.2 Å². The molecule has 0 aromatic heterocycles. The smallest absolute Gasteiger partial charge is 0.225 e. The van der Waals surface area contributed by atoms with Crippen molar-refractivity contribution in [3.8, 4) is 0 Å². The van der Waals surface area contributed by atoms with Gasteiger partial charge in [-0.15, -0.1) is 0 Å². The highest BCUT2D eigenvalue weighted by atomic mass is 32.2. The summed E-state index contributed by atoms with van der Waals surface area (Å²) in [7, 11) is -1.24. The molecule has 0 aromatic rings. The molecule has 6 nitrogen and oxygen atoms in total. The zero-order chi connectivity index (χ0) is 14.8. The second-order valence-corrected chi connectivity index (χ2v) is 7.87. The Morgan fingerprint density at radius 2 is 1.90 bits per heavy atom. The summed E-state index contributed by atoms with van der Waals surface area (Å²) in [4.78, 5) is 14.4. The molecule has 0 bridgehead atoms. The van der Waals surface area contributed by atoms with E-state index in [9.17, 15) is 13.2 Å². The molecule has 0 spiro atoms. The minimum Gasteiger partial charge on any atom is -0.341 e. The topological polar surface area (TPSA) is 69.7 Å². The normalized spacial score (nSPS) is 26.4. The summed E-state index contributed by atoms with van der Waals surface area (Å²) in [6.07, 6.45) is 4.66. The highest BCUT2D eigenvalue weighted by molar-refractivity contribution is 7.88. The van der Waals surface area contributed by atoms with Crippen LogP contribution in [-0.2, 0) is 14.8 Å². The lowest BCUT2D eigenvalue weighted by Crippen LogP contribution is -2.50. The third kappa shape index (κ3) is 3.71. The van der Waals surface area contributed by atoms with Gasteiger partial charge in [-0.2, -0.15) is 0 Å². The molecule has 1 atom stereocenters. The van der Waals surface area contributed by atoms with E-state index in [2.05, 4.69) is 5.32 Å². The van der Waals surface area contributed by atoms with E-state index < -0.39 is 10.0 Å². The Kier molecular flexibility index (Phi) is 5.04. The van der Waals surface area contributed by atoms with Gasteiger partial charge >= 0.3 is 0 Å². The summed E-state index contributed by atoms with van der Waals surface area (Å²) < 4.78 is 24.4. The molecule has 7 heteroatoms. The molecule has 1 unspecified atom stereocenters. The number of carbonyl (C=O) groups is 1. The van der Waals surface area contributed by atoms with E-state index in [1.54, 1.807) is 0 Å². The quantitative estimate of drug-likeness (QED) is 0.788. The molecule has 0 aromatic carbocycles. The standard InChI is InChI=1S/C13H25N3O3S/c1-15(12-4-3-7-14-10-12)13(17)11-5-8-16(9-6-11)20(2,18)19/h11-12,14H,3-10H2,1-2H3. The van der Waals surface area contributed by atoms with Gasteiger partial charge in [0.05, 0.1) is 6.26 Å². The van der Waals surface area contributed by atoms with E-state index in [1.807, 2.05) is 11.9 Å². The molecular formula is C13H25N3O3S. The molecule has 2 aliphatic rings. The van der Waals surface area contributed by atoms with Crippen molar-refractivity contribution in [3.63, 3.8) is 0 Å². The Balaban J connectivity index is 1.88. The van der Waals surface area contributed by atoms with Crippen LogP contribution in [0.3, 0.4) is 0 Å². The van der Waals surface area contributed by atoms with E-state index >= 15 is 0 Å². The van der Waals surface area contributed by atoms with E-state index in [1.165, 1.54) is 10.6 Å². The SMILES string of the molecule is CN(C(=O)C1CCN(S(C)(=O)=O)CC1)C1CCCNC1. The number of piperidine rings is 2. The van der Waals surface area contributed by atoms with Crippen molar-refractivity contribution in [2.24, 2.45) is 5.92 Å². The molecule has 116 valence electrons. The van der Waals surface area contributed by atoms with Crippen molar-refractivity contribution in [2.45, 2.75) is 31.7 Å². The molecule has 1 amide bonds. The molecule has 0 saturated carbocycles. The average molecular weight is 303 g/mol. The highest BCUT2D eigenvalue weighted by Gasteiger charge is 2.32. The van der Waals surface area contributed by atoms with E-state index in [0.29, 0.717) is 25.9 Å². The van der Waals surface area contributed by atoms with Crippen LogP contribution < -0.4 is 5.32 Å². The fraction of sp³-hybridized carbons (Fsp3) is 0.923. The third-order valence-corrected chi connectivity index (χ3v) is 5.74. The monoisotopic (exact) mass is 303 g/mol. The summed E-state index contributed by atoms with van der Waals surface area (Å²) in [5.41, 5.74) is 0. The van der Waals surface area contributed by atoms with Gasteiger partial charge in [-0.1, -0.05) is 0 Å². The molecule has 2 rings (SSSR count). The number of carbonyl (C=O) groups excluding carboxylic acids is 1. The first kappa shape index (κ1) is 15.7. The van der Waals surface area contributed by atoms with Gasteiger partial charge in [0.2, 0.25) is 15.9 Å². The second kappa shape index (κ2) is 6.41. The number of hydrogen-bond donors (Lipinski definition) is 1. The molecular weight excluding hydrogens is 278 g/mol. The minimum absolute atomic E-state index is 0.0278. The van der Waals surface area contributed by atoms with Gasteiger partial charge in [0.15, 0.2) is 0 Å². The summed E-state index contributed by atoms with van der Waals surface area (Å²) in [6.45, 7) is 2.83. The van der Waals surface area contributed by atoms with Crippen LogP contribution in [0.2, 0.25) is 0 Å². The fourth-order valence-corrected chi connectivity index (χ4v) is 3.94. The third-order valence-electron chi connectivity index (χ3n) is 4.44. The number of nitrogens with zero attached hydrogens (tertiary/aromatic N) is 2. The van der Waals surface area contributed by atoms with Crippen LogP contribution in [0.4, 0.5) is 0 Å². The number of rotatable bonds is 3. The Morgan fingerprint density at radius 1 is 1.25 bits per heavy atom. The first-order valence-corrected chi connectivity index (χ1v) is 9.17. The van der Waals surface area contributed by atoms with Crippen LogP contribution >= 0.6 is 0 Å². The summed E-state index contributed by atoms with van der Waals surface area (Å²) in [5.74, 6) is 0.145. The molecule has 2 heterocycles. The van der Waals surface area contributed by atoms with Crippen LogP contribution in [0.25, 0.3) is 0 Å². The largest absolute Gasteiger partial charge is 0.341 e. The van der Waals surface area contributed by atoms with Gasteiger partial charge < -0.3 is 10.2 Å². The van der Waals surface area contributed by atoms with Crippen molar-refractivity contribution in [1.82, 2.24) is 14.5 Å². The Hall–Kier alpha value is -0.660. The lowest BCUT2D eigenvalue weighted by Gasteiger charge is -2.36. The van der Waals surface area contributed by atoms with Crippen LogP contribution in [0.5, 0.6) is 0 Å². The predicted octanol–water partition coefficient (Wildman–Crippen LogP) is -0.132. The van der Waals surface area contributed by atoms with Crippen molar-refractivity contribution < 1.29 is 13.2 Å². The first-order chi connectivity index (χ1) is 9.39. The molecule has 2 saturated heterocycles. The van der Waals surface area contributed by atoms with Gasteiger partial charge in [-0.3, -0.25) is 4.79 Å². The van der Waals surface area contributed by atoms with Crippen molar-refractivity contribution in [2.75, 3.05) is 39.5 Å². The molecule has 1 N–H and O–H groups in total. The van der Waals surface area contributed by atoms with Crippen molar-refractivity contribution >= 4 is 15.9 Å². The van der Waals surface area contributed by atoms with E-state index in [-0.39, 0.29) is 17.9 Å². The van der Waals surface area contributed by atoms with Gasteiger partial charge in [0, 0.05) is 38.6 Å². The first-order valence-electron chi connectivity index (χ1n) is 7.32. The molecule has 0 radical (unpaired) electrons. The van der Waals surface area contributed by atoms with Crippen molar-refractivity contribution in [1.29, 1.82) is 0 Å². The highest BCUT2D eigenvalue weighted by Crippen LogP contribution is 2.22. The fourth-order valence-electron chi connectivity index (χ4n) is 3.07. The minimum atomic E-state index is -3.12. The Labute approximate surface area is 121 Å². The Morgan fingerprint density at radius 3 is 2.40 bits per heavy atom. The maximum Gasteiger partial charge on any atom is 0.225 e. The summed E-state index contributed by atoms with van der Waals surface area (Å²) in [5, 5.41) is 3.32. The summed E-state index contributed by atoms with van der Waals surface area (Å²) >= 11 is 0. The molecule has 20 heavy (non-hydrogen) atoms. The predicted molar refractivity (Wildman–Crippen MR) is 77.8 cm³/mol. The maximum absolute atomic E-state index is 12.5. The lowest BCUT2D eigenvalue weighted by atomic mass is 9.95. The van der Waals surface area contributed by atoms with Gasteiger partial charge in [0.25, 0.3) is 0 Å². The van der Waals surface area contributed by atoms with E-state index in [0.717, 1.165) is 25.9 Å². The Bertz CT molecular complexity index is 438. The maximum atomic E-state index is 12.5. The second-order valence-electron chi connectivity index (χ2n) is 5.89. The number of nitrogens with one attached hydrogen (secondary N) is 1. The van der Waals surface area contributed by atoms with Gasteiger partial charge in [-0.25, -0.2) is 12.7 Å². The molecule has 0 aliphatic carbocycles. The van der Waals surface area contributed by atoms with Crippen LogP contribution in [0.1, 0.15) is 25.7 Å². The summed E-state index contributed by atoms with van der Waals surface area (Å²) in [6, 6.07) is 0.282. The van der Waals surface area contributed by atoms with Crippen LogP contribution in [0, 0.1) is 5.92 Å². The molecule has 2 aliphatic heterocycles. The molecule has 2 fully saturated rings. The zero-order valence-electron chi connectivity index (χ0n) is 12.3.